The summed E-state index contributed by atoms with van der Waals surface area (Å²) in [7, 11) is 0. The van der Waals surface area contributed by atoms with E-state index in [1.807, 2.05) is 30.3 Å². The summed E-state index contributed by atoms with van der Waals surface area (Å²) in [6, 6.07) is 9.61. The van der Waals surface area contributed by atoms with Gasteiger partial charge >= 0.3 is 0 Å². The molecular weight excluding hydrogens is 260 g/mol. The van der Waals surface area contributed by atoms with Crippen LogP contribution in [-0.2, 0) is 9.59 Å². The van der Waals surface area contributed by atoms with E-state index < -0.39 is 0 Å². The highest BCUT2D eigenvalue weighted by molar-refractivity contribution is 6.14. The first kappa shape index (κ1) is 16.8. The van der Waals surface area contributed by atoms with Gasteiger partial charge in [0.15, 0.2) is 11.6 Å². The van der Waals surface area contributed by atoms with E-state index in [1.165, 1.54) is 12.2 Å². The largest absolute Gasteiger partial charge is 0.290 e. The van der Waals surface area contributed by atoms with Crippen LogP contribution in [0.3, 0.4) is 0 Å². The smallest absolute Gasteiger partial charge is 0.181 e. The fourth-order valence-electron chi connectivity index (χ4n) is 1.98. The van der Waals surface area contributed by atoms with Crippen LogP contribution in [0.5, 0.6) is 0 Å². The molecule has 0 amide bonds. The predicted octanol–water partition coefficient (Wildman–Crippen LogP) is 4.53. The SMILES string of the molecule is C=CC(=O)C(CCCC)=C(C)C(=O)C=Cc1ccccc1. The van der Waals surface area contributed by atoms with Crippen molar-refractivity contribution in [1.82, 2.24) is 0 Å². The first-order valence-corrected chi connectivity index (χ1v) is 7.24. The molecule has 0 aliphatic carbocycles. The second-order valence-electron chi connectivity index (χ2n) is 4.88. The van der Waals surface area contributed by atoms with Gasteiger partial charge in [0.25, 0.3) is 0 Å². The summed E-state index contributed by atoms with van der Waals surface area (Å²) >= 11 is 0. The normalized spacial score (nSPS) is 12.1. The van der Waals surface area contributed by atoms with Gasteiger partial charge in [-0.1, -0.05) is 56.3 Å². The minimum Gasteiger partial charge on any atom is -0.290 e. The molecule has 21 heavy (non-hydrogen) atoms. The lowest BCUT2D eigenvalue weighted by molar-refractivity contribution is -0.113. The van der Waals surface area contributed by atoms with Gasteiger partial charge < -0.3 is 0 Å². The van der Waals surface area contributed by atoms with Crippen LogP contribution in [0.1, 0.15) is 38.7 Å². The summed E-state index contributed by atoms with van der Waals surface area (Å²) in [4.78, 5) is 24.1. The Bertz CT molecular complexity index is 562. The minimum atomic E-state index is -0.151. The lowest BCUT2D eigenvalue weighted by atomic mass is 9.96. The molecule has 110 valence electrons. The molecule has 0 aliphatic rings. The molecule has 0 radical (unpaired) electrons. The van der Waals surface area contributed by atoms with E-state index in [0.717, 1.165) is 18.4 Å². The third kappa shape index (κ3) is 5.35. The maximum Gasteiger partial charge on any atom is 0.181 e. The Labute approximate surface area is 126 Å². The molecule has 1 aromatic rings. The highest BCUT2D eigenvalue weighted by Gasteiger charge is 2.13. The monoisotopic (exact) mass is 282 g/mol. The lowest BCUT2D eigenvalue weighted by Crippen LogP contribution is -2.07. The minimum absolute atomic E-state index is 0.125. The summed E-state index contributed by atoms with van der Waals surface area (Å²) in [5.74, 6) is -0.275. The number of benzene rings is 1. The molecule has 1 aromatic carbocycles. The Kier molecular flexibility index (Phi) is 7.10. The average molecular weight is 282 g/mol. The second-order valence-corrected chi connectivity index (χ2v) is 4.88. The summed E-state index contributed by atoms with van der Waals surface area (Å²) < 4.78 is 0. The number of ketones is 2. The number of hydrogen-bond donors (Lipinski definition) is 0. The second kappa shape index (κ2) is 8.85. The molecule has 0 saturated carbocycles. The van der Waals surface area contributed by atoms with Crippen molar-refractivity contribution in [1.29, 1.82) is 0 Å². The Balaban J connectivity index is 2.94. The molecule has 1 rings (SSSR count). The average Bonchev–Trinajstić information content (AvgIpc) is 2.53. The lowest BCUT2D eigenvalue weighted by Gasteiger charge is -2.07. The van der Waals surface area contributed by atoms with Gasteiger partial charge in [-0.05, 0) is 37.5 Å². The van der Waals surface area contributed by atoms with E-state index in [9.17, 15) is 9.59 Å². The van der Waals surface area contributed by atoms with Crippen LogP contribution < -0.4 is 0 Å². The molecular formula is C19H22O2. The number of allylic oxidation sites excluding steroid dienone is 4. The highest BCUT2D eigenvalue weighted by atomic mass is 16.1. The molecule has 0 fully saturated rings. The van der Waals surface area contributed by atoms with Gasteiger partial charge in [-0.2, -0.15) is 0 Å². The van der Waals surface area contributed by atoms with Crippen molar-refractivity contribution >= 4 is 17.6 Å². The van der Waals surface area contributed by atoms with Crippen molar-refractivity contribution in [3.05, 3.63) is 65.8 Å². The standard InChI is InChI=1S/C19H22O2/c1-4-6-12-17(18(20)5-2)15(3)19(21)14-13-16-10-8-7-9-11-16/h5,7-11,13-14H,2,4,6,12H2,1,3H3. The summed E-state index contributed by atoms with van der Waals surface area (Å²) in [6.07, 6.45) is 7.06. The number of carbonyl (C=O) groups is 2. The zero-order chi connectivity index (χ0) is 15.7. The Morgan fingerprint density at radius 3 is 2.38 bits per heavy atom. The van der Waals surface area contributed by atoms with Gasteiger partial charge in [0.05, 0.1) is 0 Å². The number of rotatable bonds is 8. The summed E-state index contributed by atoms with van der Waals surface area (Å²) in [6.45, 7) is 7.28. The van der Waals surface area contributed by atoms with Crippen LogP contribution in [-0.4, -0.2) is 11.6 Å². The van der Waals surface area contributed by atoms with Crippen LogP contribution in [0.25, 0.3) is 6.08 Å². The fourth-order valence-corrected chi connectivity index (χ4v) is 1.98. The Morgan fingerprint density at radius 1 is 1.14 bits per heavy atom. The van der Waals surface area contributed by atoms with Crippen molar-refractivity contribution in [3.8, 4) is 0 Å². The number of hydrogen-bond acceptors (Lipinski definition) is 2. The van der Waals surface area contributed by atoms with Crippen LogP contribution >= 0.6 is 0 Å². The molecule has 2 nitrogen and oxygen atoms in total. The molecule has 0 atom stereocenters. The van der Waals surface area contributed by atoms with Gasteiger partial charge in [-0.25, -0.2) is 0 Å². The third-order valence-electron chi connectivity index (χ3n) is 3.31. The van der Waals surface area contributed by atoms with Gasteiger partial charge in [0, 0.05) is 11.1 Å². The van der Waals surface area contributed by atoms with Crippen molar-refractivity contribution in [3.63, 3.8) is 0 Å². The van der Waals surface area contributed by atoms with Crippen molar-refractivity contribution in [2.45, 2.75) is 33.1 Å². The maximum absolute atomic E-state index is 12.2. The third-order valence-corrected chi connectivity index (χ3v) is 3.31. The highest BCUT2D eigenvalue weighted by Crippen LogP contribution is 2.16. The van der Waals surface area contributed by atoms with Crippen LogP contribution in [0.4, 0.5) is 0 Å². The molecule has 0 unspecified atom stereocenters. The fraction of sp³-hybridized carbons (Fsp3) is 0.263. The Hall–Kier alpha value is -2.22. The van der Waals surface area contributed by atoms with Crippen molar-refractivity contribution < 1.29 is 9.59 Å². The van der Waals surface area contributed by atoms with E-state index >= 15 is 0 Å². The van der Waals surface area contributed by atoms with Crippen LogP contribution in [0, 0.1) is 0 Å². The molecule has 0 spiro atoms. The zero-order valence-electron chi connectivity index (χ0n) is 12.8. The number of carbonyl (C=O) groups excluding carboxylic acids is 2. The topological polar surface area (TPSA) is 34.1 Å². The van der Waals surface area contributed by atoms with E-state index in [4.69, 9.17) is 0 Å². The van der Waals surface area contributed by atoms with Gasteiger partial charge in [0.2, 0.25) is 0 Å². The summed E-state index contributed by atoms with van der Waals surface area (Å²) in [5.41, 5.74) is 2.05. The van der Waals surface area contributed by atoms with E-state index in [1.54, 1.807) is 13.0 Å². The van der Waals surface area contributed by atoms with Crippen LogP contribution in [0.2, 0.25) is 0 Å². The summed E-state index contributed by atoms with van der Waals surface area (Å²) in [5, 5.41) is 0. The number of unbranched alkanes of at least 4 members (excludes halogenated alkanes) is 1. The quantitative estimate of drug-likeness (QED) is 0.656. The zero-order valence-corrected chi connectivity index (χ0v) is 12.8. The van der Waals surface area contributed by atoms with Gasteiger partial charge in [-0.15, -0.1) is 0 Å². The predicted molar refractivity (Wildman–Crippen MR) is 87.9 cm³/mol. The Morgan fingerprint density at radius 2 is 1.81 bits per heavy atom. The van der Waals surface area contributed by atoms with Crippen molar-refractivity contribution in [2.75, 3.05) is 0 Å². The first-order valence-electron chi connectivity index (χ1n) is 7.24. The van der Waals surface area contributed by atoms with Gasteiger partial charge in [0.1, 0.15) is 0 Å². The molecule has 2 heteroatoms. The van der Waals surface area contributed by atoms with Gasteiger partial charge in [-0.3, -0.25) is 9.59 Å². The maximum atomic E-state index is 12.2. The van der Waals surface area contributed by atoms with E-state index in [0.29, 0.717) is 17.6 Å². The molecule has 0 aromatic heterocycles. The van der Waals surface area contributed by atoms with Crippen LogP contribution in [0.15, 0.2) is 60.2 Å². The molecule has 0 heterocycles. The van der Waals surface area contributed by atoms with E-state index in [-0.39, 0.29) is 11.6 Å². The molecule has 0 saturated heterocycles. The molecule has 0 N–H and O–H groups in total. The first-order chi connectivity index (χ1) is 10.1. The van der Waals surface area contributed by atoms with E-state index in [2.05, 4.69) is 13.5 Å². The molecule has 0 bridgehead atoms. The van der Waals surface area contributed by atoms with Crippen molar-refractivity contribution in [2.24, 2.45) is 0 Å². The molecule has 0 aliphatic heterocycles.